The first-order chi connectivity index (χ1) is 24.1. The van der Waals surface area contributed by atoms with Crippen molar-refractivity contribution in [3.05, 3.63) is 95.6 Å². The molecule has 1 spiro atoms. The first-order valence-corrected chi connectivity index (χ1v) is 17.5. The van der Waals surface area contributed by atoms with Crippen LogP contribution in [0.3, 0.4) is 0 Å². The van der Waals surface area contributed by atoms with Crippen LogP contribution in [-0.4, -0.2) is 41.8 Å². The number of anilines is 1. The number of hydrogen-bond acceptors (Lipinski definition) is 6. The summed E-state index contributed by atoms with van der Waals surface area (Å²) in [6.07, 6.45) is 0.677. The molecule has 1 aliphatic carbocycles. The number of para-hydroxylation sites is 2. The summed E-state index contributed by atoms with van der Waals surface area (Å²) in [4.78, 5) is 68.7. The van der Waals surface area contributed by atoms with Gasteiger partial charge in [0.2, 0.25) is 5.91 Å². The van der Waals surface area contributed by atoms with E-state index in [1.165, 1.54) is 0 Å². The van der Waals surface area contributed by atoms with Crippen LogP contribution in [0.4, 0.5) is 14.5 Å². The number of Topliss-reactive ketones (excluding diaryl/α,β-unsaturated/α-hetero) is 3. The quantitative estimate of drug-likeness (QED) is 0.183. The van der Waals surface area contributed by atoms with Gasteiger partial charge >= 0.3 is 0 Å². The van der Waals surface area contributed by atoms with Gasteiger partial charge in [-0.3, -0.25) is 24.0 Å². The fourth-order valence-electron chi connectivity index (χ4n) is 7.71. The second-order valence-electron chi connectivity index (χ2n) is 15.5. The van der Waals surface area contributed by atoms with Crippen molar-refractivity contribution in [3.63, 3.8) is 0 Å². The second kappa shape index (κ2) is 15.3. The van der Waals surface area contributed by atoms with Crippen LogP contribution in [0.2, 0.25) is 0 Å². The molecule has 2 amide bonds. The van der Waals surface area contributed by atoms with Gasteiger partial charge in [0.25, 0.3) is 5.91 Å². The maximum absolute atomic E-state index is 14.4. The SMILES string of the molecule is CC(C)[C@H](NC(=O)c1ccc(F)cc1F)C(=O)C[C@@H](CC(C)(C)C)C(=O)CC1C[C@]2(C[C@H]1C(=O)COc1ccccc1)C(=O)Nc1ccccc12. The van der Waals surface area contributed by atoms with Crippen LogP contribution in [0.5, 0.6) is 5.75 Å². The molecule has 5 atom stereocenters. The molecule has 270 valence electrons. The Morgan fingerprint density at radius 1 is 0.941 bits per heavy atom. The third kappa shape index (κ3) is 8.60. The summed E-state index contributed by atoms with van der Waals surface area (Å²) in [6.45, 7) is 9.16. The van der Waals surface area contributed by atoms with Gasteiger partial charge < -0.3 is 15.4 Å². The van der Waals surface area contributed by atoms with E-state index in [4.69, 9.17) is 4.74 Å². The van der Waals surface area contributed by atoms with Crippen LogP contribution in [-0.2, 0) is 24.6 Å². The summed E-state index contributed by atoms with van der Waals surface area (Å²) in [5.41, 5.74) is -0.223. The highest BCUT2D eigenvalue weighted by Crippen LogP contribution is 2.54. The van der Waals surface area contributed by atoms with Crippen molar-refractivity contribution in [3.8, 4) is 5.75 Å². The molecule has 1 saturated carbocycles. The predicted molar refractivity (Wildman–Crippen MR) is 189 cm³/mol. The monoisotopic (exact) mass is 700 g/mol. The highest BCUT2D eigenvalue weighted by Gasteiger charge is 2.57. The average Bonchev–Trinajstić information content (AvgIpc) is 3.58. The van der Waals surface area contributed by atoms with Crippen molar-refractivity contribution in [2.45, 2.75) is 78.2 Å². The van der Waals surface area contributed by atoms with Gasteiger partial charge in [0.05, 0.1) is 17.0 Å². The van der Waals surface area contributed by atoms with Crippen LogP contribution in [0.1, 0.15) is 82.6 Å². The van der Waals surface area contributed by atoms with Crippen LogP contribution < -0.4 is 15.4 Å². The highest BCUT2D eigenvalue weighted by atomic mass is 19.1. The lowest BCUT2D eigenvalue weighted by Gasteiger charge is -2.29. The maximum Gasteiger partial charge on any atom is 0.254 e. The Bertz CT molecular complexity index is 1800. The Morgan fingerprint density at radius 3 is 2.29 bits per heavy atom. The zero-order valence-corrected chi connectivity index (χ0v) is 29.8. The molecule has 10 heteroatoms. The van der Waals surface area contributed by atoms with E-state index in [1.54, 1.807) is 38.1 Å². The fraction of sp³-hybridized carbons (Fsp3) is 0.439. The molecule has 1 heterocycles. The number of ketones is 3. The summed E-state index contributed by atoms with van der Waals surface area (Å²) in [5, 5.41) is 5.57. The molecule has 0 bridgehead atoms. The smallest absolute Gasteiger partial charge is 0.254 e. The lowest BCUT2D eigenvalue weighted by Crippen LogP contribution is -2.45. The van der Waals surface area contributed by atoms with Crippen LogP contribution in [0, 0.1) is 40.7 Å². The summed E-state index contributed by atoms with van der Waals surface area (Å²) >= 11 is 0. The van der Waals surface area contributed by atoms with Gasteiger partial charge in [-0.25, -0.2) is 8.78 Å². The third-order valence-corrected chi connectivity index (χ3v) is 10.1. The molecule has 1 unspecified atom stereocenters. The molecule has 2 N–H and O–H groups in total. The van der Waals surface area contributed by atoms with Gasteiger partial charge in [-0.05, 0) is 72.4 Å². The molecule has 51 heavy (non-hydrogen) atoms. The zero-order valence-electron chi connectivity index (χ0n) is 29.8. The van der Waals surface area contributed by atoms with E-state index in [-0.39, 0.29) is 61.0 Å². The third-order valence-electron chi connectivity index (χ3n) is 10.1. The van der Waals surface area contributed by atoms with Gasteiger partial charge in [-0.2, -0.15) is 0 Å². The minimum Gasteiger partial charge on any atom is -0.486 e. The maximum atomic E-state index is 14.4. The Labute approximate surface area is 297 Å². The highest BCUT2D eigenvalue weighted by molar-refractivity contribution is 6.07. The lowest BCUT2D eigenvalue weighted by molar-refractivity contribution is -0.132. The Morgan fingerprint density at radius 2 is 1.63 bits per heavy atom. The van der Waals surface area contributed by atoms with E-state index >= 15 is 0 Å². The molecule has 3 aromatic rings. The fourth-order valence-corrected chi connectivity index (χ4v) is 7.71. The van der Waals surface area contributed by atoms with Crippen molar-refractivity contribution < 1.29 is 37.5 Å². The van der Waals surface area contributed by atoms with Gasteiger partial charge in [-0.15, -0.1) is 0 Å². The first-order valence-electron chi connectivity index (χ1n) is 17.5. The largest absolute Gasteiger partial charge is 0.486 e. The lowest BCUT2D eigenvalue weighted by atomic mass is 9.76. The topological polar surface area (TPSA) is 119 Å². The van der Waals surface area contributed by atoms with Crippen molar-refractivity contribution in [1.29, 1.82) is 0 Å². The van der Waals surface area contributed by atoms with Gasteiger partial charge in [0, 0.05) is 36.4 Å². The number of amides is 2. The van der Waals surface area contributed by atoms with Crippen molar-refractivity contribution in [2.75, 3.05) is 11.9 Å². The van der Waals surface area contributed by atoms with E-state index in [1.807, 2.05) is 51.1 Å². The number of rotatable bonds is 14. The minimum absolute atomic E-state index is 0.0214. The Hall–Kier alpha value is -4.73. The number of fused-ring (bicyclic) bond motifs is 2. The van der Waals surface area contributed by atoms with E-state index in [9.17, 15) is 32.8 Å². The molecule has 2 aliphatic rings. The van der Waals surface area contributed by atoms with Crippen LogP contribution >= 0.6 is 0 Å². The Balaban J connectivity index is 1.38. The number of halogens is 2. The number of carbonyl (C=O) groups excluding carboxylic acids is 5. The van der Waals surface area contributed by atoms with Gasteiger partial charge in [0.1, 0.15) is 29.8 Å². The number of benzene rings is 3. The molecule has 1 fully saturated rings. The van der Waals surface area contributed by atoms with Gasteiger partial charge in [-0.1, -0.05) is 71.0 Å². The van der Waals surface area contributed by atoms with Crippen molar-refractivity contribution >= 4 is 34.9 Å². The molecule has 5 rings (SSSR count). The summed E-state index contributed by atoms with van der Waals surface area (Å²) in [5.74, 6) is -5.46. The van der Waals surface area contributed by atoms with E-state index in [0.717, 1.165) is 17.7 Å². The van der Waals surface area contributed by atoms with E-state index in [2.05, 4.69) is 10.6 Å². The van der Waals surface area contributed by atoms with Crippen molar-refractivity contribution in [2.24, 2.45) is 29.1 Å². The summed E-state index contributed by atoms with van der Waals surface area (Å²) in [6, 6.07) is 17.9. The summed E-state index contributed by atoms with van der Waals surface area (Å²) < 4.78 is 33.7. The average molecular weight is 701 g/mol. The molecular weight excluding hydrogens is 654 g/mol. The Kier molecular flexibility index (Phi) is 11.2. The number of nitrogens with one attached hydrogen (secondary N) is 2. The molecule has 1 aliphatic heterocycles. The zero-order chi connectivity index (χ0) is 37.1. The minimum atomic E-state index is -1.05. The second-order valence-corrected chi connectivity index (χ2v) is 15.5. The van der Waals surface area contributed by atoms with Gasteiger partial charge in [0.15, 0.2) is 11.6 Å². The molecule has 0 radical (unpaired) electrons. The first kappa shape index (κ1) is 37.5. The number of hydrogen-bond donors (Lipinski definition) is 2. The van der Waals surface area contributed by atoms with Crippen LogP contribution in [0.25, 0.3) is 0 Å². The molecular formula is C41H46F2N2O6. The number of ether oxygens (including phenoxy) is 1. The van der Waals surface area contributed by atoms with E-state index in [0.29, 0.717) is 23.9 Å². The molecule has 0 aromatic heterocycles. The standard InChI is InChI=1S/C41H46F2N2O6/c1-24(2)37(45-38(49)29-16-15-27(42)19-32(29)43)35(47)18-26(20-40(3,4)5)34(46)17-25-21-41(31-13-9-10-14-33(31)44-39(41)50)22-30(25)36(48)23-51-28-11-7-6-8-12-28/h6-16,19,24-26,30,37H,17-18,20-23H2,1-5H3,(H,44,50)(H,45,49)/t25?,26-,30+,37-,41+/m0/s1. The normalized spacial score (nSPS) is 20.8. The van der Waals surface area contributed by atoms with Crippen molar-refractivity contribution in [1.82, 2.24) is 5.32 Å². The molecule has 0 saturated heterocycles. The van der Waals surface area contributed by atoms with Crippen LogP contribution in [0.15, 0.2) is 72.8 Å². The number of carbonyl (C=O) groups is 5. The predicted octanol–water partition coefficient (Wildman–Crippen LogP) is 7.25. The molecule has 8 nitrogen and oxygen atoms in total. The molecule has 3 aromatic carbocycles. The summed E-state index contributed by atoms with van der Waals surface area (Å²) in [7, 11) is 0. The van der Waals surface area contributed by atoms with E-state index < -0.39 is 58.2 Å².